The molecule has 0 radical (unpaired) electrons. The minimum absolute atomic E-state index is 0.0210. The minimum Gasteiger partial charge on any atom is -0.348 e. The number of hydrogen-bond acceptors (Lipinski definition) is 3. The first-order valence-electron chi connectivity index (χ1n) is 5.17. The molecule has 1 aromatic carbocycles. The average molecular weight is 235 g/mol. The molecule has 1 atom stereocenters. The molecular weight excluding hydrogens is 222 g/mol. The molecule has 1 aliphatic heterocycles. The van der Waals surface area contributed by atoms with E-state index in [-0.39, 0.29) is 24.2 Å². The van der Waals surface area contributed by atoms with Crippen molar-refractivity contribution in [2.75, 3.05) is 12.3 Å². The molecule has 1 heterocycles. The van der Waals surface area contributed by atoms with Crippen LogP contribution < -0.4 is 5.32 Å². The fourth-order valence-corrected chi connectivity index (χ4v) is 2.94. The van der Waals surface area contributed by atoms with Crippen molar-refractivity contribution in [3.8, 4) is 0 Å². The van der Waals surface area contributed by atoms with Gasteiger partial charge >= 0.3 is 0 Å². The van der Waals surface area contributed by atoms with Crippen LogP contribution in [0.15, 0.2) is 29.2 Å². The van der Waals surface area contributed by atoms with Crippen LogP contribution in [0.25, 0.3) is 0 Å². The number of Topliss-reactive ketones (excluding diaryl/α,β-unsaturated/α-hetero) is 1. The molecule has 1 N–H and O–H groups in total. The van der Waals surface area contributed by atoms with Crippen molar-refractivity contribution in [1.82, 2.24) is 5.32 Å². The highest BCUT2D eigenvalue weighted by Gasteiger charge is 2.28. The van der Waals surface area contributed by atoms with Crippen molar-refractivity contribution in [3.63, 3.8) is 0 Å². The second kappa shape index (κ2) is 4.70. The van der Waals surface area contributed by atoms with E-state index in [2.05, 4.69) is 5.32 Å². The van der Waals surface area contributed by atoms with Gasteiger partial charge in [0.1, 0.15) is 5.78 Å². The van der Waals surface area contributed by atoms with Gasteiger partial charge in [-0.3, -0.25) is 9.59 Å². The zero-order valence-corrected chi connectivity index (χ0v) is 9.84. The molecule has 2 rings (SSSR count). The molecule has 1 aliphatic rings. The van der Waals surface area contributed by atoms with Crippen LogP contribution in [-0.2, 0) is 9.59 Å². The summed E-state index contributed by atoms with van der Waals surface area (Å²) in [7, 11) is 0. The van der Waals surface area contributed by atoms with Crippen LogP contribution in [0.4, 0.5) is 0 Å². The third-order valence-corrected chi connectivity index (χ3v) is 3.71. The average Bonchev–Trinajstić information content (AvgIpc) is 2.69. The lowest BCUT2D eigenvalue weighted by molar-refractivity contribution is -0.125. The van der Waals surface area contributed by atoms with Crippen LogP contribution in [0.3, 0.4) is 0 Å². The fraction of sp³-hybridized carbons (Fsp3) is 0.333. The molecule has 16 heavy (non-hydrogen) atoms. The van der Waals surface area contributed by atoms with Gasteiger partial charge in [-0.25, -0.2) is 0 Å². The SMILES string of the molecule is CC(=O)CNC(=O)C1CSc2ccccc21. The van der Waals surface area contributed by atoms with Crippen molar-refractivity contribution in [1.29, 1.82) is 0 Å². The highest BCUT2D eigenvalue weighted by molar-refractivity contribution is 7.99. The van der Waals surface area contributed by atoms with E-state index < -0.39 is 0 Å². The van der Waals surface area contributed by atoms with Crippen molar-refractivity contribution in [2.24, 2.45) is 0 Å². The summed E-state index contributed by atoms with van der Waals surface area (Å²) >= 11 is 1.69. The Hall–Kier alpha value is -1.29. The number of carbonyl (C=O) groups is 2. The first-order chi connectivity index (χ1) is 7.68. The summed E-state index contributed by atoms with van der Waals surface area (Å²) < 4.78 is 0. The van der Waals surface area contributed by atoms with Gasteiger partial charge in [0.15, 0.2) is 0 Å². The quantitative estimate of drug-likeness (QED) is 0.865. The Labute approximate surface area is 98.6 Å². The van der Waals surface area contributed by atoms with Crippen molar-refractivity contribution in [3.05, 3.63) is 29.8 Å². The van der Waals surface area contributed by atoms with Gasteiger partial charge in [-0.15, -0.1) is 11.8 Å². The van der Waals surface area contributed by atoms with E-state index in [4.69, 9.17) is 0 Å². The van der Waals surface area contributed by atoms with Crippen LogP contribution in [0.2, 0.25) is 0 Å². The van der Waals surface area contributed by atoms with Gasteiger partial charge in [-0.1, -0.05) is 18.2 Å². The summed E-state index contributed by atoms with van der Waals surface area (Å²) in [5.41, 5.74) is 1.08. The Morgan fingerprint density at radius 1 is 1.44 bits per heavy atom. The molecule has 84 valence electrons. The van der Waals surface area contributed by atoms with Crippen LogP contribution in [0.5, 0.6) is 0 Å². The predicted octanol–water partition coefficient (Wildman–Crippen LogP) is 1.58. The lowest BCUT2D eigenvalue weighted by Gasteiger charge is -2.10. The Kier molecular flexibility index (Phi) is 3.29. The van der Waals surface area contributed by atoms with E-state index in [0.29, 0.717) is 0 Å². The highest BCUT2D eigenvalue weighted by Crippen LogP contribution is 2.39. The predicted molar refractivity (Wildman–Crippen MR) is 63.6 cm³/mol. The van der Waals surface area contributed by atoms with Gasteiger partial charge in [0.2, 0.25) is 5.91 Å². The van der Waals surface area contributed by atoms with Gasteiger partial charge in [0.05, 0.1) is 12.5 Å². The molecule has 0 fully saturated rings. The number of carbonyl (C=O) groups excluding carboxylic acids is 2. The summed E-state index contributed by atoms with van der Waals surface area (Å²) in [5.74, 6) is 0.587. The van der Waals surface area contributed by atoms with Gasteiger partial charge < -0.3 is 5.32 Å². The molecule has 0 aromatic heterocycles. The molecule has 1 unspecified atom stereocenters. The number of fused-ring (bicyclic) bond motifs is 1. The maximum absolute atomic E-state index is 11.8. The van der Waals surface area contributed by atoms with E-state index in [0.717, 1.165) is 11.3 Å². The fourth-order valence-electron chi connectivity index (χ4n) is 1.71. The second-order valence-corrected chi connectivity index (χ2v) is 4.88. The monoisotopic (exact) mass is 235 g/mol. The van der Waals surface area contributed by atoms with Crippen molar-refractivity contribution >= 4 is 23.5 Å². The number of amides is 1. The van der Waals surface area contributed by atoms with E-state index in [1.165, 1.54) is 11.8 Å². The molecule has 1 amide bonds. The molecule has 0 saturated carbocycles. The lowest BCUT2D eigenvalue weighted by Crippen LogP contribution is -2.32. The number of thioether (sulfide) groups is 1. The minimum atomic E-state index is -0.111. The Bertz CT molecular complexity index is 431. The summed E-state index contributed by atoms with van der Waals surface area (Å²) in [4.78, 5) is 23.8. The van der Waals surface area contributed by atoms with E-state index >= 15 is 0 Å². The van der Waals surface area contributed by atoms with Crippen LogP contribution in [0.1, 0.15) is 18.4 Å². The molecule has 0 aliphatic carbocycles. The summed E-state index contributed by atoms with van der Waals surface area (Å²) in [6, 6.07) is 7.92. The van der Waals surface area contributed by atoms with Gasteiger partial charge in [-0.05, 0) is 18.6 Å². The maximum Gasteiger partial charge on any atom is 0.228 e. The van der Waals surface area contributed by atoms with Crippen molar-refractivity contribution < 1.29 is 9.59 Å². The number of nitrogens with one attached hydrogen (secondary N) is 1. The Morgan fingerprint density at radius 3 is 2.94 bits per heavy atom. The van der Waals surface area contributed by atoms with Crippen LogP contribution >= 0.6 is 11.8 Å². The largest absolute Gasteiger partial charge is 0.348 e. The van der Waals surface area contributed by atoms with Gasteiger partial charge in [0.25, 0.3) is 0 Å². The Morgan fingerprint density at radius 2 is 2.19 bits per heavy atom. The number of rotatable bonds is 3. The molecule has 3 nitrogen and oxygen atoms in total. The molecule has 0 bridgehead atoms. The second-order valence-electron chi connectivity index (χ2n) is 3.82. The molecule has 4 heteroatoms. The molecule has 1 aromatic rings. The highest BCUT2D eigenvalue weighted by atomic mass is 32.2. The standard InChI is InChI=1S/C12H13NO2S/c1-8(14)6-13-12(15)10-7-16-11-5-3-2-4-9(10)11/h2-5,10H,6-7H2,1H3,(H,13,15). The topological polar surface area (TPSA) is 46.2 Å². The van der Waals surface area contributed by atoms with Crippen molar-refractivity contribution in [2.45, 2.75) is 17.7 Å². The summed E-state index contributed by atoms with van der Waals surface area (Å²) in [6.45, 7) is 1.60. The van der Waals surface area contributed by atoms with Gasteiger partial charge in [0, 0.05) is 10.6 Å². The maximum atomic E-state index is 11.8. The number of benzene rings is 1. The summed E-state index contributed by atoms with van der Waals surface area (Å²) in [6.07, 6.45) is 0. The van der Waals surface area contributed by atoms with E-state index in [1.54, 1.807) is 11.8 Å². The van der Waals surface area contributed by atoms with Gasteiger partial charge in [-0.2, -0.15) is 0 Å². The number of hydrogen-bond donors (Lipinski definition) is 1. The molecule has 0 spiro atoms. The number of ketones is 1. The normalized spacial score (nSPS) is 17.9. The van der Waals surface area contributed by atoms with E-state index in [1.807, 2.05) is 24.3 Å². The molecular formula is C12H13NO2S. The zero-order valence-electron chi connectivity index (χ0n) is 9.03. The third kappa shape index (κ3) is 2.27. The van der Waals surface area contributed by atoms with Crippen LogP contribution in [-0.4, -0.2) is 24.0 Å². The lowest BCUT2D eigenvalue weighted by atomic mass is 10.0. The summed E-state index contributed by atoms with van der Waals surface area (Å²) in [5, 5.41) is 2.66. The molecule has 0 saturated heterocycles. The Balaban J connectivity index is 2.07. The van der Waals surface area contributed by atoms with Crippen LogP contribution in [0, 0.1) is 0 Å². The van der Waals surface area contributed by atoms with E-state index in [9.17, 15) is 9.59 Å². The first-order valence-corrected chi connectivity index (χ1v) is 6.16. The zero-order chi connectivity index (χ0) is 11.5. The smallest absolute Gasteiger partial charge is 0.228 e. The third-order valence-electron chi connectivity index (χ3n) is 2.53. The first kappa shape index (κ1) is 11.2.